The van der Waals surface area contributed by atoms with E-state index in [4.69, 9.17) is 4.98 Å². The molecule has 112 valence electrons. The fourth-order valence-corrected chi connectivity index (χ4v) is 3.72. The summed E-state index contributed by atoms with van der Waals surface area (Å²) in [5.41, 5.74) is 2.10. The van der Waals surface area contributed by atoms with E-state index in [-0.39, 0.29) is 0 Å². The Bertz CT molecular complexity index is 608. The van der Waals surface area contributed by atoms with Gasteiger partial charge in [0.2, 0.25) is 0 Å². The van der Waals surface area contributed by atoms with Gasteiger partial charge < -0.3 is 15.2 Å². The first-order chi connectivity index (χ1) is 10.4. The lowest BCUT2D eigenvalue weighted by atomic mass is 9.96. The maximum absolute atomic E-state index is 4.90. The molecule has 2 saturated heterocycles. The van der Waals surface area contributed by atoms with Gasteiger partial charge in [0.05, 0.1) is 6.04 Å². The summed E-state index contributed by atoms with van der Waals surface area (Å²) in [6, 6.07) is 4.58. The number of nitrogens with one attached hydrogen (secondary N) is 2. The highest BCUT2D eigenvalue weighted by molar-refractivity contribution is 5.71. The second kappa shape index (κ2) is 5.73. The summed E-state index contributed by atoms with van der Waals surface area (Å²) in [5, 5.41) is 6.98. The second-order valence-electron chi connectivity index (χ2n) is 6.31. The van der Waals surface area contributed by atoms with Crippen LogP contribution in [0.3, 0.4) is 0 Å². The normalized spacial score (nSPS) is 26.5. The van der Waals surface area contributed by atoms with Gasteiger partial charge in [-0.05, 0) is 56.9 Å². The van der Waals surface area contributed by atoms with Gasteiger partial charge >= 0.3 is 0 Å². The van der Waals surface area contributed by atoms with Gasteiger partial charge in [-0.1, -0.05) is 0 Å². The number of nitrogens with zero attached hydrogens (tertiary/aromatic N) is 3. The van der Waals surface area contributed by atoms with E-state index in [9.17, 15) is 0 Å². The lowest BCUT2D eigenvalue weighted by molar-refractivity contribution is 0.363. The van der Waals surface area contributed by atoms with Crippen molar-refractivity contribution in [3.8, 4) is 0 Å². The van der Waals surface area contributed by atoms with E-state index >= 15 is 0 Å². The van der Waals surface area contributed by atoms with Crippen molar-refractivity contribution in [3.63, 3.8) is 0 Å². The number of pyridine rings is 1. The molecule has 2 aromatic heterocycles. The van der Waals surface area contributed by atoms with Crippen molar-refractivity contribution in [1.82, 2.24) is 25.2 Å². The Labute approximate surface area is 125 Å². The van der Waals surface area contributed by atoms with Gasteiger partial charge in [0.1, 0.15) is 11.3 Å². The molecule has 2 atom stereocenters. The number of rotatable bonds is 3. The highest BCUT2D eigenvalue weighted by Gasteiger charge is 2.25. The predicted octanol–water partition coefficient (Wildman–Crippen LogP) is 1.51. The topological polar surface area (TPSA) is 54.8 Å². The number of aromatic nitrogens is 3. The molecule has 2 unspecified atom stereocenters. The molecule has 0 radical (unpaired) electrons. The third-order valence-corrected chi connectivity index (χ3v) is 4.79. The van der Waals surface area contributed by atoms with Crippen LogP contribution in [0, 0.1) is 5.92 Å². The van der Waals surface area contributed by atoms with E-state index < -0.39 is 0 Å². The minimum Gasteiger partial charge on any atom is -0.316 e. The van der Waals surface area contributed by atoms with Gasteiger partial charge in [-0.15, -0.1) is 0 Å². The van der Waals surface area contributed by atoms with E-state index in [2.05, 4.69) is 26.3 Å². The number of piperidine rings is 1. The summed E-state index contributed by atoms with van der Waals surface area (Å²) >= 11 is 0. The molecule has 0 spiro atoms. The molecular weight excluding hydrogens is 262 g/mol. The number of hydrogen-bond acceptors (Lipinski definition) is 4. The van der Waals surface area contributed by atoms with E-state index in [1.54, 1.807) is 0 Å². The summed E-state index contributed by atoms with van der Waals surface area (Å²) < 4.78 is 2.41. The summed E-state index contributed by atoms with van der Waals surface area (Å²) in [6.45, 7) is 4.43. The van der Waals surface area contributed by atoms with Crippen molar-refractivity contribution in [2.75, 3.05) is 26.2 Å². The predicted molar refractivity (Wildman–Crippen MR) is 83.3 cm³/mol. The van der Waals surface area contributed by atoms with Crippen LogP contribution in [-0.2, 0) is 6.42 Å². The van der Waals surface area contributed by atoms with Gasteiger partial charge in [0.15, 0.2) is 5.65 Å². The molecule has 2 fully saturated rings. The monoisotopic (exact) mass is 285 g/mol. The van der Waals surface area contributed by atoms with Crippen molar-refractivity contribution >= 4 is 11.2 Å². The standard InChI is InChI=1S/C16H23N5/c1-3-12(10-17-6-1)9-15-20-14-4-2-7-19-16(14)21(15)13-5-8-18-11-13/h2,4,7,12-13,17-18H,1,3,5-6,8-11H2. The molecule has 0 bridgehead atoms. The number of hydrogen-bond donors (Lipinski definition) is 2. The fourth-order valence-electron chi connectivity index (χ4n) is 3.72. The van der Waals surface area contributed by atoms with E-state index in [0.29, 0.717) is 12.0 Å². The molecule has 4 rings (SSSR count). The lowest BCUT2D eigenvalue weighted by Gasteiger charge is -2.23. The zero-order valence-corrected chi connectivity index (χ0v) is 12.4. The van der Waals surface area contributed by atoms with E-state index in [1.165, 1.54) is 31.6 Å². The summed E-state index contributed by atoms with van der Waals surface area (Å²) in [5.74, 6) is 1.94. The number of fused-ring (bicyclic) bond motifs is 1. The summed E-state index contributed by atoms with van der Waals surface area (Å²) in [6.07, 6.45) is 6.73. The lowest BCUT2D eigenvalue weighted by Crippen LogP contribution is -2.31. The molecule has 0 aliphatic carbocycles. The molecule has 4 heterocycles. The molecule has 0 amide bonds. The molecule has 5 heteroatoms. The van der Waals surface area contributed by atoms with Crippen molar-refractivity contribution in [1.29, 1.82) is 0 Å². The van der Waals surface area contributed by atoms with Crippen molar-refractivity contribution < 1.29 is 0 Å². The zero-order valence-electron chi connectivity index (χ0n) is 12.4. The Balaban J connectivity index is 1.70. The van der Waals surface area contributed by atoms with Crippen molar-refractivity contribution in [2.24, 2.45) is 5.92 Å². The first-order valence-corrected chi connectivity index (χ1v) is 8.15. The summed E-state index contributed by atoms with van der Waals surface area (Å²) in [4.78, 5) is 9.49. The van der Waals surface area contributed by atoms with Gasteiger partial charge in [0, 0.05) is 19.2 Å². The molecule has 21 heavy (non-hydrogen) atoms. The van der Waals surface area contributed by atoms with Crippen LogP contribution in [0.5, 0.6) is 0 Å². The average Bonchev–Trinajstić information content (AvgIpc) is 3.14. The highest BCUT2D eigenvalue weighted by Crippen LogP contribution is 2.26. The molecular formula is C16H23N5. The maximum Gasteiger partial charge on any atom is 0.160 e. The Morgan fingerprint density at radius 1 is 1.19 bits per heavy atom. The maximum atomic E-state index is 4.90. The van der Waals surface area contributed by atoms with Crippen molar-refractivity contribution in [3.05, 3.63) is 24.2 Å². The van der Waals surface area contributed by atoms with Gasteiger partial charge in [-0.2, -0.15) is 0 Å². The van der Waals surface area contributed by atoms with Crippen LogP contribution in [0.2, 0.25) is 0 Å². The molecule has 2 N–H and O–H groups in total. The largest absolute Gasteiger partial charge is 0.316 e. The van der Waals surface area contributed by atoms with Crippen LogP contribution in [0.25, 0.3) is 11.2 Å². The third-order valence-electron chi connectivity index (χ3n) is 4.79. The van der Waals surface area contributed by atoms with Crippen LogP contribution in [0.15, 0.2) is 18.3 Å². The number of imidazole rings is 1. The smallest absolute Gasteiger partial charge is 0.160 e. The third kappa shape index (κ3) is 2.56. The quantitative estimate of drug-likeness (QED) is 0.897. The molecule has 0 aromatic carbocycles. The van der Waals surface area contributed by atoms with Gasteiger partial charge in [0.25, 0.3) is 0 Å². The fraction of sp³-hybridized carbons (Fsp3) is 0.625. The average molecular weight is 285 g/mol. The minimum atomic E-state index is 0.511. The van der Waals surface area contributed by atoms with Crippen LogP contribution in [-0.4, -0.2) is 40.7 Å². The minimum absolute atomic E-state index is 0.511. The molecule has 2 aliphatic heterocycles. The Morgan fingerprint density at radius 3 is 2.95 bits per heavy atom. The second-order valence-corrected chi connectivity index (χ2v) is 6.31. The Kier molecular flexibility index (Phi) is 3.61. The molecule has 5 nitrogen and oxygen atoms in total. The molecule has 0 saturated carbocycles. The molecule has 2 aliphatic rings. The van der Waals surface area contributed by atoms with Crippen LogP contribution in [0.4, 0.5) is 0 Å². The van der Waals surface area contributed by atoms with E-state index in [0.717, 1.165) is 37.2 Å². The van der Waals surface area contributed by atoms with Crippen LogP contribution in [0.1, 0.15) is 31.1 Å². The zero-order chi connectivity index (χ0) is 14.1. The molecule has 2 aromatic rings. The van der Waals surface area contributed by atoms with Gasteiger partial charge in [-0.25, -0.2) is 9.97 Å². The van der Waals surface area contributed by atoms with E-state index in [1.807, 2.05) is 12.3 Å². The Morgan fingerprint density at radius 2 is 2.14 bits per heavy atom. The summed E-state index contributed by atoms with van der Waals surface area (Å²) in [7, 11) is 0. The first-order valence-electron chi connectivity index (χ1n) is 8.15. The van der Waals surface area contributed by atoms with Crippen LogP contribution >= 0.6 is 0 Å². The van der Waals surface area contributed by atoms with Crippen molar-refractivity contribution in [2.45, 2.75) is 31.7 Å². The Hall–Kier alpha value is -1.46. The van der Waals surface area contributed by atoms with Gasteiger partial charge in [-0.3, -0.25) is 0 Å². The SMILES string of the molecule is c1cnc2c(c1)nc(CC1CCCNC1)n2C1CCNC1. The first kappa shape index (κ1) is 13.2. The highest BCUT2D eigenvalue weighted by atomic mass is 15.2. The van der Waals surface area contributed by atoms with Crippen LogP contribution < -0.4 is 10.6 Å².